The van der Waals surface area contributed by atoms with E-state index in [4.69, 9.17) is 4.74 Å². The van der Waals surface area contributed by atoms with E-state index in [2.05, 4.69) is 25.0 Å². The van der Waals surface area contributed by atoms with E-state index in [1.807, 2.05) is 55.5 Å². The second kappa shape index (κ2) is 10.4. The zero-order valence-corrected chi connectivity index (χ0v) is 21.6. The highest BCUT2D eigenvalue weighted by atomic mass is 16.5. The first-order valence-corrected chi connectivity index (χ1v) is 12.9. The van der Waals surface area contributed by atoms with Crippen LogP contribution >= 0.6 is 0 Å². The standard InChI is InChI=1S/C29H29N7O3/c1-21-3-7-23(8-4-21)36-26-25(17-33-36)27(37)35(20-32-26)19-29(38)11-15-34(16-12-29)18-22-5-9-24(10-6-22)39-28-30-13-2-14-31-28/h2-10,13-14,17,20,38H,11-12,15-16,18-19H2,1H3. The number of hydrogen-bond acceptors (Lipinski definition) is 8. The molecule has 1 fully saturated rings. The van der Waals surface area contributed by atoms with Gasteiger partial charge < -0.3 is 9.84 Å². The third-order valence-corrected chi connectivity index (χ3v) is 7.17. The zero-order chi connectivity index (χ0) is 26.8. The van der Waals surface area contributed by atoms with Crippen molar-refractivity contribution >= 4 is 11.0 Å². The van der Waals surface area contributed by atoms with Gasteiger partial charge in [-0.2, -0.15) is 5.10 Å². The van der Waals surface area contributed by atoms with Crippen molar-refractivity contribution in [3.05, 3.63) is 101 Å². The molecule has 1 aliphatic rings. The van der Waals surface area contributed by atoms with Crippen LogP contribution in [0.3, 0.4) is 0 Å². The highest BCUT2D eigenvalue weighted by Gasteiger charge is 2.33. The summed E-state index contributed by atoms with van der Waals surface area (Å²) >= 11 is 0. The van der Waals surface area contributed by atoms with Gasteiger partial charge in [0, 0.05) is 32.0 Å². The summed E-state index contributed by atoms with van der Waals surface area (Å²) in [6.45, 7) is 4.44. The van der Waals surface area contributed by atoms with E-state index in [9.17, 15) is 9.90 Å². The minimum absolute atomic E-state index is 0.197. The van der Waals surface area contributed by atoms with Gasteiger partial charge in [-0.3, -0.25) is 14.3 Å². The molecule has 0 unspecified atom stereocenters. The van der Waals surface area contributed by atoms with E-state index in [0.717, 1.165) is 36.4 Å². The predicted molar refractivity (Wildman–Crippen MR) is 146 cm³/mol. The Morgan fingerprint density at radius 3 is 2.41 bits per heavy atom. The van der Waals surface area contributed by atoms with Crippen LogP contribution in [-0.4, -0.2) is 58.0 Å². The molecule has 0 atom stereocenters. The minimum Gasteiger partial charge on any atom is -0.424 e. The average Bonchev–Trinajstić information content (AvgIpc) is 3.39. The van der Waals surface area contributed by atoms with E-state index in [-0.39, 0.29) is 12.1 Å². The van der Waals surface area contributed by atoms with Gasteiger partial charge in [0.1, 0.15) is 17.5 Å². The van der Waals surface area contributed by atoms with E-state index in [1.165, 1.54) is 10.9 Å². The summed E-state index contributed by atoms with van der Waals surface area (Å²) in [4.78, 5) is 28.2. The Morgan fingerprint density at radius 2 is 1.69 bits per heavy atom. The maximum absolute atomic E-state index is 13.2. The van der Waals surface area contributed by atoms with Crippen LogP contribution in [0.15, 0.2) is 84.3 Å². The Bertz CT molecular complexity index is 1620. The molecule has 0 radical (unpaired) electrons. The second-order valence-electron chi connectivity index (χ2n) is 10.1. The van der Waals surface area contributed by atoms with Gasteiger partial charge in [-0.25, -0.2) is 19.6 Å². The fourth-order valence-electron chi connectivity index (χ4n) is 4.90. The van der Waals surface area contributed by atoms with Gasteiger partial charge >= 0.3 is 6.01 Å². The first-order chi connectivity index (χ1) is 19.0. The number of hydrogen-bond donors (Lipinski definition) is 1. The molecule has 3 aromatic heterocycles. The summed E-state index contributed by atoms with van der Waals surface area (Å²) in [6, 6.07) is 17.8. The Hall–Kier alpha value is -4.41. The van der Waals surface area contributed by atoms with Gasteiger partial charge in [0.2, 0.25) is 0 Å². The summed E-state index contributed by atoms with van der Waals surface area (Å²) in [5.74, 6) is 0.679. The summed E-state index contributed by atoms with van der Waals surface area (Å²) in [5, 5.41) is 16.2. The lowest BCUT2D eigenvalue weighted by Crippen LogP contribution is -2.47. The van der Waals surface area contributed by atoms with Gasteiger partial charge in [-0.05, 0) is 55.7 Å². The lowest BCUT2D eigenvalue weighted by atomic mass is 9.91. The third-order valence-electron chi connectivity index (χ3n) is 7.17. The molecule has 6 rings (SSSR count). The number of benzene rings is 2. The Kier molecular flexibility index (Phi) is 6.64. The first-order valence-electron chi connectivity index (χ1n) is 12.9. The van der Waals surface area contributed by atoms with E-state index in [0.29, 0.717) is 35.6 Å². The fraction of sp³-hybridized carbons (Fsp3) is 0.276. The van der Waals surface area contributed by atoms with Crippen LogP contribution in [0.4, 0.5) is 0 Å². The number of rotatable bonds is 7. The molecule has 0 spiro atoms. The van der Waals surface area contributed by atoms with Crippen molar-refractivity contribution in [3.63, 3.8) is 0 Å². The predicted octanol–water partition coefficient (Wildman–Crippen LogP) is 3.50. The molecule has 1 N–H and O–H groups in total. The molecular weight excluding hydrogens is 494 g/mol. The molecule has 0 saturated carbocycles. The maximum Gasteiger partial charge on any atom is 0.321 e. The van der Waals surface area contributed by atoms with Crippen molar-refractivity contribution in [1.29, 1.82) is 0 Å². The molecule has 10 nitrogen and oxygen atoms in total. The summed E-state index contributed by atoms with van der Waals surface area (Å²) in [6.07, 6.45) is 7.47. The smallest absolute Gasteiger partial charge is 0.321 e. The molecule has 1 aliphatic heterocycles. The minimum atomic E-state index is -0.976. The molecule has 0 bridgehead atoms. The van der Waals surface area contributed by atoms with Crippen LogP contribution in [0.2, 0.25) is 0 Å². The zero-order valence-electron chi connectivity index (χ0n) is 21.6. The van der Waals surface area contributed by atoms with Crippen molar-refractivity contribution < 1.29 is 9.84 Å². The van der Waals surface area contributed by atoms with Crippen LogP contribution in [0.1, 0.15) is 24.0 Å². The van der Waals surface area contributed by atoms with Crippen molar-refractivity contribution in [2.75, 3.05) is 13.1 Å². The second-order valence-corrected chi connectivity index (χ2v) is 10.1. The highest BCUT2D eigenvalue weighted by molar-refractivity contribution is 5.74. The number of fused-ring (bicyclic) bond motifs is 1. The lowest BCUT2D eigenvalue weighted by molar-refractivity contribution is -0.0364. The number of likely N-dealkylation sites (tertiary alicyclic amines) is 1. The topological polar surface area (TPSA) is 111 Å². The fourth-order valence-corrected chi connectivity index (χ4v) is 4.90. The van der Waals surface area contributed by atoms with Crippen molar-refractivity contribution in [2.45, 2.75) is 38.5 Å². The van der Waals surface area contributed by atoms with Gasteiger partial charge in [0.05, 0.1) is 24.0 Å². The Balaban J connectivity index is 1.08. The van der Waals surface area contributed by atoms with Crippen LogP contribution < -0.4 is 10.3 Å². The number of piperidine rings is 1. The molecule has 4 heterocycles. The van der Waals surface area contributed by atoms with Crippen molar-refractivity contribution in [2.24, 2.45) is 0 Å². The molecule has 2 aromatic carbocycles. The monoisotopic (exact) mass is 523 g/mol. The van der Waals surface area contributed by atoms with E-state index >= 15 is 0 Å². The van der Waals surface area contributed by atoms with Gasteiger partial charge in [-0.1, -0.05) is 29.8 Å². The summed E-state index contributed by atoms with van der Waals surface area (Å²) in [5.41, 5.74) is 2.48. The van der Waals surface area contributed by atoms with Gasteiger partial charge in [0.15, 0.2) is 5.65 Å². The SMILES string of the molecule is Cc1ccc(-n2ncc3c(=O)n(CC4(O)CCN(Cc5ccc(Oc6ncccn6)cc5)CC4)cnc32)cc1. The van der Waals surface area contributed by atoms with Gasteiger partial charge in [-0.15, -0.1) is 0 Å². The number of aryl methyl sites for hydroxylation is 1. The van der Waals surface area contributed by atoms with E-state index < -0.39 is 5.60 Å². The molecule has 198 valence electrons. The number of aromatic nitrogens is 6. The van der Waals surface area contributed by atoms with Crippen molar-refractivity contribution in [3.8, 4) is 17.4 Å². The first kappa shape index (κ1) is 24.9. The number of aliphatic hydroxyl groups is 1. The summed E-state index contributed by atoms with van der Waals surface area (Å²) in [7, 11) is 0. The van der Waals surface area contributed by atoms with E-state index in [1.54, 1.807) is 29.3 Å². The highest BCUT2D eigenvalue weighted by Crippen LogP contribution is 2.26. The molecule has 5 aromatic rings. The normalized spacial score (nSPS) is 15.4. The van der Waals surface area contributed by atoms with Crippen molar-refractivity contribution in [1.82, 2.24) is 34.2 Å². The largest absolute Gasteiger partial charge is 0.424 e. The number of nitrogens with zero attached hydrogens (tertiary/aromatic N) is 7. The van der Waals surface area contributed by atoms with Crippen LogP contribution in [0, 0.1) is 6.92 Å². The Labute approximate surface area is 225 Å². The van der Waals surface area contributed by atoms with Crippen LogP contribution in [-0.2, 0) is 13.1 Å². The maximum atomic E-state index is 13.2. The number of ether oxygens (including phenoxy) is 1. The third kappa shape index (κ3) is 5.43. The molecule has 0 amide bonds. The van der Waals surface area contributed by atoms with Gasteiger partial charge in [0.25, 0.3) is 5.56 Å². The molecular formula is C29H29N7O3. The molecule has 1 saturated heterocycles. The lowest BCUT2D eigenvalue weighted by Gasteiger charge is -2.38. The van der Waals surface area contributed by atoms with Crippen LogP contribution in [0.25, 0.3) is 16.7 Å². The van der Waals surface area contributed by atoms with Crippen LogP contribution in [0.5, 0.6) is 11.8 Å². The Morgan fingerprint density at radius 1 is 0.974 bits per heavy atom. The molecule has 10 heteroatoms. The molecule has 39 heavy (non-hydrogen) atoms. The molecule has 0 aliphatic carbocycles. The summed E-state index contributed by atoms with van der Waals surface area (Å²) < 4.78 is 8.84. The quantitative estimate of drug-likeness (QED) is 0.345. The average molecular weight is 524 g/mol.